The van der Waals surface area contributed by atoms with Crippen LogP contribution in [0.3, 0.4) is 0 Å². The van der Waals surface area contributed by atoms with Crippen molar-refractivity contribution in [2.75, 3.05) is 33.0 Å². The Morgan fingerprint density at radius 1 is 0.925 bits per heavy atom. The zero-order valence-corrected chi connectivity index (χ0v) is 23.8. The molecular weight excluding hydrogens is 520 g/mol. The lowest BCUT2D eigenvalue weighted by atomic mass is 10.1. The maximum Gasteiger partial charge on any atom is 0.325 e. The molecule has 2 rings (SSSR count). The van der Waals surface area contributed by atoms with Crippen molar-refractivity contribution in [2.45, 2.75) is 77.9 Å². The van der Waals surface area contributed by atoms with Gasteiger partial charge in [0.2, 0.25) is 0 Å². The smallest absolute Gasteiger partial charge is 0.325 e. The van der Waals surface area contributed by atoms with Crippen LogP contribution in [0.1, 0.15) is 59.3 Å². The summed E-state index contributed by atoms with van der Waals surface area (Å²) in [6, 6.07) is -0.520. The number of nitrogens with zero attached hydrogens (tertiary/aromatic N) is 2. The molecular formula is C29H42N2O9. The molecule has 0 bridgehead atoms. The van der Waals surface area contributed by atoms with Gasteiger partial charge in [0, 0.05) is 37.2 Å². The molecule has 2 aliphatic rings. The van der Waals surface area contributed by atoms with Crippen LogP contribution < -0.4 is 0 Å². The third-order valence-electron chi connectivity index (χ3n) is 6.38. The van der Waals surface area contributed by atoms with Crippen LogP contribution in [0.4, 0.5) is 0 Å². The first kappa shape index (κ1) is 32.9. The second kappa shape index (κ2) is 17.4. The van der Waals surface area contributed by atoms with Gasteiger partial charge in [0.1, 0.15) is 18.5 Å². The molecule has 3 atom stereocenters. The van der Waals surface area contributed by atoms with Gasteiger partial charge in [-0.15, -0.1) is 0 Å². The van der Waals surface area contributed by atoms with E-state index in [0.717, 1.165) is 5.57 Å². The third kappa shape index (κ3) is 11.1. The van der Waals surface area contributed by atoms with E-state index in [1.54, 1.807) is 32.9 Å². The fourth-order valence-electron chi connectivity index (χ4n) is 3.98. The average molecular weight is 563 g/mol. The zero-order valence-electron chi connectivity index (χ0n) is 23.8. The maximum atomic E-state index is 12.5. The van der Waals surface area contributed by atoms with Crippen molar-refractivity contribution in [1.29, 1.82) is 0 Å². The van der Waals surface area contributed by atoms with Crippen LogP contribution in [0.2, 0.25) is 0 Å². The quantitative estimate of drug-likeness (QED) is 0.100. The van der Waals surface area contributed by atoms with Crippen LogP contribution in [-0.2, 0) is 42.9 Å². The summed E-state index contributed by atoms with van der Waals surface area (Å²) in [6.07, 6.45) is 7.99. The van der Waals surface area contributed by atoms with Gasteiger partial charge in [0.25, 0.3) is 11.8 Å². The number of imide groups is 1. The summed E-state index contributed by atoms with van der Waals surface area (Å²) in [4.78, 5) is 50.5. The molecule has 40 heavy (non-hydrogen) atoms. The number of allylic oxidation sites excluding steroid dienone is 1. The highest BCUT2D eigenvalue weighted by Gasteiger charge is 2.28. The van der Waals surface area contributed by atoms with Gasteiger partial charge in [0.05, 0.1) is 13.2 Å². The average Bonchev–Trinajstić information content (AvgIpc) is 3.25. The van der Waals surface area contributed by atoms with E-state index < -0.39 is 24.6 Å². The van der Waals surface area contributed by atoms with Gasteiger partial charge in [-0.25, -0.2) is 0 Å². The number of carbonyl (C=O) groups excluding carboxylic acids is 4. The topological polar surface area (TPSA) is 121 Å². The molecule has 3 unspecified atom stereocenters. The predicted octanol–water partition coefficient (Wildman–Crippen LogP) is 3.37. The lowest BCUT2D eigenvalue weighted by Gasteiger charge is -2.32. The summed E-state index contributed by atoms with van der Waals surface area (Å²) in [7, 11) is 0. The number of ether oxygens (including phenoxy) is 5. The molecule has 0 aromatic carbocycles. The summed E-state index contributed by atoms with van der Waals surface area (Å²) in [5.74, 6) is -0.688. The minimum Gasteiger partial charge on any atom is -0.478 e. The Kier molecular flexibility index (Phi) is 14.3. The number of hydrogen-bond donors (Lipinski definition) is 0. The third-order valence-corrected chi connectivity index (χ3v) is 6.38. The van der Waals surface area contributed by atoms with E-state index in [2.05, 4.69) is 13.2 Å². The monoisotopic (exact) mass is 562 g/mol. The van der Waals surface area contributed by atoms with Gasteiger partial charge in [-0.3, -0.25) is 29.0 Å². The number of esters is 2. The normalized spacial score (nSPS) is 17.8. The highest BCUT2D eigenvalue weighted by molar-refractivity contribution is 6.12. The van der Waals surface area contributed by atoms with Crippen molar-refractivity contribution in [2.24, 2.45) is 0 Å². The molecule has 0 aromatic heterocycles. The molecule has 2 aliphatic heterocycles. The lowest BCUT2D eigenvalue weighted by Crippen LogP contribution is -2.45. The van der Waals surface area contributed by atoms with Crippen molar-refractivity contribution in [1.82, 2.24) is 9.80 Å². The number of amides is 2. The molecule has 0 saturated carbocycles. The summed E-state index contributed by atoms with van der Waals surface area (Å²) >= 11 is 0. The molecule has 11 heteroatoms. The van der Waals surface area contributed by atoms with E-state index in [1.165, 1.54) is 17.1 Å². The van der Waals surface area contributed by atoms with Crippen molar-refractivity contribution < 1.29 is 42.9 Å². The van der Waals surface area contributed by atoms with Gasteiger partial charge in [-0.05, 0) is 52.5 Å². The number of hydrogen-bond acceptors (Lipinski definition) is 10. The molecule has 0 aromatic rings. The highest BCUT2D eigenvalue weighted by Crippen LogP contribution is 2.19. The molecule has 0 saturated heterocycles. The minimum atomic E-state index is -0.701. The Labute approximate surface area is 236 Å². The van der Waals surface area contributed by atoms with E-state index in [4.69, 9.17) is 23.7 Å². The fraction of sp³-hybridized carbons (Fsp3) is 0.586. The Morgan fingerprint density at radius 2 is 1.55 bits per heavy atom. The van der Waals surface area contributed by atoms with E-state index in [1.807, 2.05) is 4.90 Å². The van der Waals surface area contributed by atoms with E-state index in [0.29, 0.717) is 64.2 Å². The zero-order chi connectivity index (χ0) is 29.5. The van der Waals surface area contributed by atoms with E-state index in [9.17, 15) is 19.2 Å². The molecule has 0 aliphatic carbocycles. The first-order chi connectivity index (χ1) is 19.2. The standard InChI is InChI=1S/C29H42N2O9/c1-6-24-19-30(20-38-25(24)7-2)21(3)29(35)40-23(5)37-18-12-11-17-36-22(4)39-28(34)13-9-8-10-16-31-26(32)14-15-27(31)33/h6-7,14-15,21-23H,1-2,8-13,16-20H2,3-5H3. The van der Waals surface area contributed by atoms with E-state index in [-0.39, 0.29) is 30.9 Å². The Morgan fingerprint density at radius 3 is 2.15 bits per heavy atom. The van der Waals surface area contributed by atoms with Crippen LogP contribution >= 0.6 is 0 Å². The predicted molar refractivity (Wildman–Crippen MR) is 146 cm³/mol. The van der Waals surface area contributed by atoms with Crippen molar-refractivity contribution in [3.05, 3.63) is 48.8 Å². The van der Waals surface area contributed by atoms with Crippen molar-refractivity contribution >= 4 is 23.8 Å². The molecule has 222 valence electrons. The van der Waals surface area contributed by atoms with Crippen molar-refractivity contribution in [3.63, 3.8) is 0 Å². The molecule has 0 fully saturated rings. The number of unbranched alkanes of at least 4 members (excludes halogenated alkanes) is 3. The van der Waals surface area contributed by atoms with Crippen LogP contribution in [0.5, 0.6) is 0 Å². The highest BCUT2D eigenvalue weighted by atomic mass is 16.7. The van der Waals surface area contributed by atoms with Crippen LogP contribution in [0.25, 0.3) is 0 Å². The minimum absolute atomic E-state index is 0.240. The molecule has 0 N–H and O–H groups in total. The summed E-state index contributed by atoms with van der Waals surface area (Å²) in [6.45, 7) is 14.5. The second-order valence-electron chi connectivity index (χ2n) is 9.48. The number of carbonyl (C=O) groups is 4. The van der Waals surface area contributed by atoms with E-state index >= 15 is 0 Å². The summed E-state index contributed by atoms with van der Waals surface area (Å²) in [5, 5.41) is 0. The fourth-order valence-corrected chi connectivity index (χ4v) is 3.98. The van der Waals surface area contributed by atoms with Crippen LogP contribution in [0.15, 0.2) is 48.8 Å². The lowest BCUT2D eigenvalue weighted by molar-refractivity contribution is -0.183. The first-order valence-electron chi connectivity index (χ1n) is 13.7. The van der Waals surface area contributed by atoms with Gasteiger partial charge < -0.3 is 23.7 Å². The summed E-state index contributed by atoms with van der Waals surface area (Å²) in [5.41, 5.74) is 0.859. The van der Waals surface area contributed by atoms with Crippen LogP contribution in [0, 0.1) is 0 Å². The molecule has 2 amide bonds. The molecule has 2 heterocycles. The maximum absolute atomic E-state index is 12.5. The molecule has 0 radical (unpaired) electrons. The van der Waals surface area contributed by atoms with Gasteiger partial charge in [0.15, 0.2) is 12.6 Å². The SMILES string of the molecule is C=CC1=C(C=C)OCN(C(C)C(=O)OC(C)OCCCCOC(C)OC(=O)CCCCCN2C(=O)C=CC2=O)C1. The Hall–Kier alpha value is -3.28. The second-order valence-corrected chi connectivity index (χ2v) is 9.48. The van der Waals surface area contributed by atoms with Crippen LogP contribution in [-0.4, -0.2) is 85.2 Å². The van der Waals surface area contributed by atoms with Gasteiger partial charge in [-0.1, -0.05) is 25.7 Å². The van der Waals surface area contributed by atoms with Crippen molar-refractivity contribution in [3.8, 4) is 0 Å². The Bertz CT molecular complexity index is 957. The molecule has 11 nitrogen and oxygen atoms in total. The summed E-state index contributed by atoms with van der Waals surface area (Å²) < 4.78 is 27.4. The number of rotatable bonds is 19. The van der Waals surface area contributed by atoms with Gasteiger partial charge >= 0.3 is 11.9 Å². The first-order valence-corrected chi connectivity index (χ1v) is 13.7. The molecule has 0 spiro atoms. The largest absolute Gasteiger partial charge is 0.478 e. The van der Waals surface area contributed by atoms with Gasteiger partial charge in [-0.2, -0.15) is 0 Å². The Balaban J connectivity index is 1.48.